The van der Waals surface area contributed by atoms with Crippen LogP contribution in [0.1, 0.15) is 37.8 Å². The molecular weight excluding hydrogens is 454 g/mol. The fraction of sp³-hybridized carbons (Fsp3) is 0.667. The van der Waals surface area contributed by atoms with Crippen molar-refractivity contribution in [3.63, 3.8) is 0 Å². The molecule has 3 aliphatic rings. The fourth-order valence-corrected chi connectivity index (χ4v) is 6.51. The van der Waals surface area contributed by atoms with E-state index in [4.69, 9.17) is 4.98 Å². The van der Waals surface area contributed by atoms with E-state index < -0.39 is 22.7 Å². The normalized spacial score (nSPS) is 23.0. The molecule has 1 aliphatic carbocycles. The average molecular weight is 483 g/mol. The molecule has 12 heteroatoms. The molecule has 9 nitrogen and oxygen atoms in total. The number of hydrogen-bond acceptors (Lipinski definition) is 8. The molecule has 3 fully saturated rings. The van der Waals surface area contributed by atoms with Crippen LogP contribution < -0.4 is 10.2 Å². The lowest BCUT2D eigenvalue weighted by Crippen LogP contribution is -2.43. The van der Waals surface area contributed by atoms with E-state index in [1.807, 2.05) is 17.9 Å². The molecule has 0 amide bonds. The molecular formula is C21H28F2N6O3S. The van der Waals surface area contributed by atoms with Gasteiger partial charge in [-0.15, -0.1) is 0 Å². The third-order valence-electron chi connectivity index (χ3n) is 6.51. The van der Waals surface area contributed by atoms with Crippen LogP contribution in [-0.2, 0) is 14.8 Å². The minimum absolute atomic E-state index is 0.0746. The zero-order valence-corrected chi connectivity index (χ0v) is 19.3. The van der Waals surface area contributed by atoms with Crippen LogP contribution in [0.3, 0.4) is 0 Å². The molecule has 5 rings (SSSR count). The molecule has 180 valence electrons. The maximum atomic E-state index is 12.6. The Morgan fingerprint density at radius 3 is 2.58 bits per heavy atom. The van der Waals surface area contributed by atoms with E-state index in [-0.39, 0.29) is 11.3 Å². The van der Waals surface area contributed by atoms with Crippen LogP contribution in [0.15, 0.2) is 12.3 Å². The molecule has 33 heavy (non-hydrogen) atoms. The summed E-state index contributed by atoms with van der Waals surface area (Å²) >= 11 is 0. The number of halogens is 2. The molecule has 1 unspecified atom stereocenters. The standard InChI is InChI=1S/C21H28F2N6O3S/c1-13-10-14-11-24-21(26-15-4-8-29(9-5-15)33(30,31)17-2-3-17)27-18(14)19(25-13)28-7-6-16(12-28)32-20(22)23/h10-11,15-17,20H,2-9,12H2,1H3,(H,24,26,27). The van der Waals surface area contributed by atoms with E-state index in [1.54, 1.807) is 10.5 Å². The number of anilines is 2. The summed E-state index contributed by atoms with van der Waals surface area (Å²) in [7, 11) is -3.14. The van der Waals surface area contributed by atoms with Crippen molar-refractivity contribution in [2.45, 2.75) is 63.0 Å². The summed E-state index contributed by atoms with van der Waals surface area (Å²) in [4.78, 5) is 15.7. The van der Waals surface area contributed by atoms with Gasteiger partial charge in [-0.3, -0.25) is 0 Å². The van der Waals surface area contributed by atoms with Crippen molar-refractivity contribution in [2.24, 2.45) is 0 Å². The van der Waals surface area contributed by atoms with Crippen LogP contribution in [0.25, 0.3) is 10.9 Å². The molecule has 2 aromatic heterocycles. The molecule has 0 spiro atoms. The van der Waals surface area contributed by atoms with Crippen molar-refractivity contribution in [2.75, 3.05) is 36.4 Å². The first-order valence-corrected chi connectivity index (χ1v) is 12.9. The lowest BCUT2D eigenvalue weighted by molar-refractivity contribution is -0.156. The fourth-order valence-electron chi connectivity index (χ4n) is 4.63. The summed E-state index contributed by atoms with van der Waals surface area (Å²) in [5.41, 5.74) is 1.45. The maximum absolute atomic E-state index is 12.6. The van der Waals surface area contributed by atoms with Gasteiger partial charge in [0.15, 0.2) is 5.82 Å². The minimum atomic E-state index is -3.14. The van der Waals surface area contributed by atoms with Crippen LogP contribution in [0.2, 0.25) is 0 Å². The number of aryl methyl sites for hydroxylation is 1. The lowest BCUT2D eigenvalue weighted by atomic mass is 10.1. The van der Waals surface area contributed by atoms with Crippen molar-refractivity contribution in [3.05, 3.63) is 18.0 Å². The molecule has 1 N–H and O–H groups in total. The number of pyridine rings is 1. The minimum Gasteiger partial charge on any atom is -0.352 e. The van der Waals surface area contributed by atoms with Crippen LogP contribution in [0.5, 0.6) is 0 Å². The second-order valence-electron chi connectivity index (χ2n) is 9.03. The van der Waals surface area contributed by atoms with Gasteiger partial charge in [-0.05, 0) is 45.1 Å². The van der Waals surface area contributed by atoms with Gasteiger partial charge >= 0.3 is 6.61 Å². The molecule has 2 aromatic rings. The Kier molecular flexibility index (Phi) is 6.08. The number of piperidine rings is 1. The Balaban J connectivity index is 1.30. The van der Waals surface area contributed by atoms with Gasteiger partial charge in [-0.25, -0.2) is 27.7 Å². The SMILES string of the molecule is Cc1cc2cnc(NC3CCN(S(=O)(=O)C4CC4)CC3)nc2c(N2CCC(OC(F)F)C2)n1. The number of ether oxygens (including phenoxy) is 1. The monoisotopic (exact) mass is 482 g/mol. The van der Waals surface area contributed by atoms with Gasteiger partial charge in [0.1, 0.15) is 5.52 Å². The number of aromatic nitrogens is 3. The van der Waals surface area contributed by atoms with Crippen LogP contribution in [-0.4, -0.2) is 77.9 Å². The van der Waals surface area contributed by atoms with E-state index in [9.17, 15) is 17.2 Å². The number of nitrogens with one attached hydrogen (secondary N) is 1. The number of sulfonamides is 1. The number of rotatable bonds is 7. The van der Waals surface area contributed by atoms with E-state index in [0.717, 1.165) is 23.9 Å². The van der Waals surface area contributed by atoms with E-state index >= 15 is 0 Å². The lowest BCUT2D eigenvalue weighted by Gasteiger charge is -2.31. The Morgan fingerprint density at radius 2 is 1.88 bits per heavy atom. The predicted molar refractivity (Wildman–Crippen MR) is 120 cm³/mol. The summed E-state index contributed by atoms with van der Waals surface area (Å²) in [5.74, 6) is 1.10. The van der Waals surface area contributed by atoms with E-state index in [2.05, 4.69) is 20.0 Å². The van der Waals surface area contributed by atoms with E-state index in [0.29, 0.717) is 62.7 Å². The van der Waals surface area contributed by atoms with Crippen LogP contribution in [0, 0.1) is 6.92 Å². The zero-order valence-electron chi connectivity index (χ0n) is 18.5. The molecule has 0 bridgehead atoms. The molecule has 2 saturated heterocycles. The number of hydrogen-bond donors (Lipinski definition) is 1. The molecule has 2 aliphatic heterocycles. The summed E-state index contributed by atoms with van der Waals surface area (Å²) in [6.45, 7) is 0.966. The second kappa shape index (κ2) is 8.88. The van der Waals surface area contributed by atoms with Gasteiger partial charge in [0.05, 0.1) is 11.4 Å². The Morgan fingerprint density at radius 1 is 1.12 bits per heavy atom. The Bertz CT molecular complexity index is 1120. The highest BCUT2D eigenvalue weighted by molar-refractivity contribution is 7.90. The van der Waals surface area contributed by atoms with Crippen molar-refractivity contribution < 1.29 is 21.9 Å². The summed E-state index contributed by atoms with van der Waals surface area (Å²) in [6.07, 6.45) is 4.61. The third-order valence-corrected chi connectivity index (χ3v) is 8.91. The Labute approximate surface area is 191 Å². The number of nitrogens with zero attached hydrogens (tertiary/aromatic N) is 5. The third kappa shape index (κ3) is 4.87. The smallest absolute Gasteiger partial charge is 0.345 e. The summed E-state index contributed by atoms with van der Waals surface area (Å²) < 4.78 is 56.4. The molecule has 4 heterocycles. The maximum Gasteiger partial charge on any atom is 0.345 e. The average Bonchev–Trinajstić information content (AvgIpc) is 3.54. The first-order valence-electron chi connectivity index (χ1n) is 11.4. The zero-order chi connectivity index (χ0) is 23.2. The first-order chi connectivity index (χ1) is 15.8. The van der Waals surface area contributed by atoms with Crippen LogP contribution in [0.4, 0.5) is 20.5 Å². The van der Waals surface area contributed by atoms with Crippen molar-refractivity contribution in [3.8, 4) is 0 Å². The number of alkyl halides is 2. The van der Waals surface area contributed by atoms with Gasteiger partial charge in [-0.1, -0.05) is 0 Å². The highest BCUT2D eigenvalue weighted by Crippen LogP contribution is 2.33. The van der Waals surface area contributed by atoms with Crippen molar-refractivity contribution in [1.29, 1.82) is 0 Å². The van der Waals surface area contributed by atoms with Gasteiger partial charge in [-0.2, -0.15) is 8.78 Å². The highest BCUT2D eigenvalue weighted by atomic mass is 32.2. The quantitative estimate of drug-likeness (QED) is 0.643. The van der Waals surface area contributed by atoms with Gasteiger partial charge in [0.25, 0.3) is 0 Å². The number of fused-ring (bicyclic) bond motifs is 1. The second-order valence-corrected chi connectivity index (χ2v) is 11.2. The molecule has 1 saturated carbocycles. The van der Waals surface area contributed by atoms with E-state index in [1.165, 1.54) is 0 Å². The summed E-state index contributed by atoms with van der Waals surface area (Å²) in [6, 6.07) is 1.97. The topological polar surface area (TPSA) is 101 Å². The predicted octanol–water partition coefficient (Wildman–Crippen LogP) is 2.52. The van der Waals surface area contributed by atoms with Crippen molar-refractivity contribution in [1.82, 2.24) is 19.3 Å². The van der Waals surface area contributed by atoms with Gasteiger partial charge in [0.2, 0.25) is 16.0 Å². The van der Waals surface area contributed by atoms with Crippen LogP contribution >= 0.6 is 0 Å². The van der Waals surface area contributed by atoms with Gasteiger partial charge in [0, 0.05) is 49.5 Å². The molecule has 0 aromatic carbocycles. The first kappa shape index (κ1) is 22.6. The molecule has 0 radical (unpaired) electrons. The Hall–Kier alpha value is -2.18. The van der Waals surface area contributed by atoms with Gasteiger partial charge < -0.3 is 15.0 Å². The summed E-state index contributed by atoms with van der Waals surface area (Å²) in [5, 5.41) is 3.99. The molecule has 1 atom stereocenters. The highest BCUT2D eigenvalue weighted by Gasteiger charge is 2.41. The largest absolute Gasteiger partial charge is 0.352 e. The van der Waals surface area contributed by atoms with Crippen molar-refractivity contribution >= 4 is 32.7 Å².